The zero-order valence-corrected chi connectivity index (χ0v) is 9.87. The first-order valence-electron chi connectivity index (χ1n) is 5.77. The van der Waals surface area contributed by atoms with Gasteiger partial charge in [-0.15, -0.1) is 0 Å². The Morgan fingerprint density at radius 3 is 2.11 bits per heavy atom. The third-order valence-corrected chi connectivity index (χ3v) is 2.82. The van der Waals surface area contributed by atoms with Gasteiger partial charge in [-0.25, -0.2) is 0 Å². The zero-order valence-electron chi connectivity index (χ0n) is 9.87. The van der Waals surface area contributed by atoms with Crippen molar-refractivity contribution in [3.8, 4) is 11.1 Å². The van der Waals surface area contributed by atoms with E-state index in [2.05, 4.69) is 0 Å². The monoisotopic (exact) mass is 240 g/mol. The second-order valence-corrected chi connectivity index (χ2v) is 4.19. The number of carboxylic acid groups (broad SMARTS) is 1. The molecule has 3 nitrogen and oxygen atoms in total. The van der Waals surface area contributed by atoms with Gasteiger partial charge < -0.3 is 15.6 Å². The van der Waals surface area contributed by atoms with Crippen molar-refractivity contribution >= 4 is 5.97 Å². The first kappa shape index (κ1) is 12.3. The van der Waals surface area contributed by atoms with E-state index in [0.29, 0.717) is 0 Å². The van der Waals surface area contributed by atoms with Crippen LogP contribution < -0.4 is 10.8 Å². The van der Waals surface area contributed by atoms with Crippen LogP contribution in [0.5, 0.6) is 0 Å². The smallest absolute Gasteiger partial charge is 0.0585 e. The van der Waals surface area contributed by atoms with E-state index in [-0.39, 0.29) is 6.42 Å². The number of carboxylic acids is 1. The average molecular weight is 240 g/mol. The molecule has 2 N–H and O–H groups in total. The topological polar surface area (TPSA) is 66.2 Å². The Balaban J connectivity index is 2.13. The second kappa shape index (κ2) is 5.47. The Labute approximate surface area is 106 Å². The Bertz CT molecular complexity index is 520. The van der Waals surface area contributed by atoms with E-state index in [1.165, 1.54) is 0 Å². The van der Waals surface area contributed by atoms with Gasteiger partial charge in [-0.3, -0.25) is 0 Å². The van der Waals surface area contributed by atoms with E-state index in [9.17, 15) is 9.90 Å². The lowest BCUT2D eigenvalue weighted by atomic mass is 10.0. The first-order valence-corrected chi connectivity index (χ1v) is 5.77. The van der Waals surface area contributed by atoms with Crippen LogP contribution in [0.3, 0.4) is 0 Å². The van der Waals surface area contributed by atoms with E-state index in [0.717, 1.165) is 16.7 Å². The maximum atomic E-state index is 10.6. The number of carbonyl (C=O) groups is 1. The predicted octanol–water partition coefficient (Wildman–Crippen LogP) is 0.973. The first-order chi connectivity index (χ1) is 8.66. The zero-order chi connectivity index (χ0) is 13.0. The highest BCUT2D eigenvalue weighted by Crippen LogP contribution is 2.19. The third-order valence-electron chi connectivity index (χ3n) is 2.82. The number of hydrogen-bond acceptors (Lipinski definition) is 3. The predicted molar refractivity (Wildman–Crippen MR) is 68.6 cm³/mol. The lowest BCUT2D eigenvalue weighted by molar-refractivity contribution is -0.307. The summed E-state index contributed by atoms with van der Waals surface area (Å²) in [6.07, 6.45) is 0.289. The van der Waals surface area contributed by atoms with Gasteiger partial charge in [-0.2, -0.15) is 0 Å². The van der Waals surface area contributed by atoms with Gasteiger partial charge in [0.25, 0.3) is 0 Å². The molecule has 18 heavy (non-hydrogen) atoms. The molecule has 0 unspecified atom stereocenters. The van der Waals surface area contributed by atoms with Crippen LogP contribution in [-0.2, 0) is 11.2 Å². The SMILES string of the molecule is N[C@@H](Cc1ccc(-c2ccccc2)cc1)C(=O)[O-]. The molecular weight excluding hydrogens is 226 g/mol. The van der Waals surface area contributed by atoms with Gasteiger partial charge in [-0.1, -0.05) is 54.6 Å². The van der Waals surface area contributed by atoms with Gasteiger partial charge in [0, 0.05) is 6.04 Å². The van der Waals surface area contributed by atoms with Crippen molar-refractivity contribution in [1.29, 1.82) is 0 Å². The molecule has 0 amide bonds. The molecule has 2 aromatic carbocycles. The van der Waals surface area contributed by atoms with Crippen LogP contribution in [-0.4, -0.2) is 12.0 Å². The molecule has 0 heterocycles. The highest BCUT2D eigenvalue weighted by Gasteiger charge is 2.05. The minimum absolute atomic E-state index is 0.289. The van der Waals surface area contributed by atoms with Crippen LogP contribution >= 0.6 is 0 Å². The van der Waals surface area contributed by atoms with Crippen molar-refractivity contribution in [2.75, 3.05) is 0 Å². The van der Waals surface area contributed by atoms with Gasteiger partial charge in [0.05, 0.1) is 5.97 Å². The van der Waals surface area contributed by atoms with E-state index in [4.69, 9.17) is 5.73 Å². The number of carbonyl (C=O) groups excluding carboxylic acids is 1. The largest absolute Gasteiger partial charge is 0.548 e. The van der Waals surface area contributed by atoms with Crippen LogP contribution in [0.4, 0.5) is 0 Å². The molecular formula is C15H14NO2-. The second-order valence-electron chi connectivity index (χ2n) is 4.19. The number of benzene rings is 2. The number of nitrogens with two attached hydrogens (primary N) is 1. The molecule has 0 saturated carbocycles. The van der Waals surface area contributed by atoms with E-state index < -0.39 is 12.0 Å². The molecule has 0 spiro atoms. The molecule has 0 aliphatic heterocycles. The fourth-order valence-corrected chi connectivity index (χ4v) is 1.80. The average Bonchev–Trinajstić information content (AvgIpc) is 2.40. The maximum absolute atomic E-state index is 10.6. The summed E-state index contributed by atoms with van der Waals surface area (Å²) in [6, 6.07) is 16.8. The third kappa shape index (κ3) is 2.96. The van der Waals surface area contributed by atoms with Crippen LogP contribution in [0.1, 0.15) is 5.56 Å². The molecule has 92 valence electrons. The van der Waals surface area contributed by atoms with Gasteiger partial charge in [0.2, 0.25) is 0 Å². The molecule has 2 rings (SSSR count). The lowest BCUT2D eigenvalue weighted by Crippen LogP contribution is -2.43. The van der Waals surface area contributed by atoms with Crippen molar-refractivity contribution in [2.45, 2.75) is 12.5 Å². The van der Waals surface area contributed by atoms with Crippen molar-refractivity contribution in [3.63, 3.8) is 0 Å². The Kier molecular flexibility index (Phi) is 3.75. The summed E-state index contributed by atoms with van der Waals surface area (Å²) >= 11 is 0. The number of rotatable bonds is 4. The highest BCUT2D eigenvalue weighted by molar-refractivity contribution is 5.71. The van der Waals surface area contributed by atoms with Crippen LogP contribution in [0.15, 0.2) is 54.6 Å². The van der Waals surface area contributed by atoms with Crippen molar-refractivity contribution in [3.05, 3.63) is 60.2 Å². The lowest BCUT2D eigenvalue weighted by Gasteiger charge is -2.12. The summed E-state index contributed by atoms with van der Waals surface area (Å²) in [5, 5.41) is 10.6. The molecule has 2 aromatic rings. The van der Waals surface area contributed by atoms with E-state index in [1.54, 1.807) is 0 Å². The minimum atomic E-state index is -1.22. The van der Waals surface area contributed by atoms with Crippen LogP contribution in [0, 0.1) is 0 Å². The fraction of sp³-hybridized carbons (Fsp3) is 0.133. The van der Waals surface area contributed by atoms with Crippen LogP contribution in [0.2, 0.25) is 0 Å². The molecule has 0 radical (unpaired) electrons. The molecule has 1 atom stereocenters. The Hall–Kier alpha value is -2.13. The standard InChI is InChI=1S/C15H15NO2/c16-14(15(17)18)10-11-6-8-13(9-7-11)12-4-2-1-3-5-12/h1-9,14H,10,16H2,(H,17,18)/p-1/t14-/m0/s1. The van der Waals surface area contributed by atoms with Crippen molar-refractivity contribution in [2.24, 2.45) is 5.73 Å². The number of aliphatic carboxylic acids is 1. The fourth-order valence-electron chi connectivity index (χ4n) is 1.80. The molecule has 3 heteroatoms. The van der Waals surface area contributed by atoms with E-state index in [1.807, 2.05) is 54.6 Å². The highest BCUT2D eigenvalue weighted by atomic mass is 16.4. The Morgan fingerprint density at radius 2 is 1.56 bits per heavy atom. The number of hydrogen-bond donors (Lipinski definition) is 1. The quantitative estimate of drug-likeness (QED) is 0.866. The minimum Gasteiger partial charge on any atom is -0.548 e. The van der Waals surface area contributed by atoms with Gasteiger partial charge >= 0.3 is 0 Å². The Morgan fingerprint density at radius 1 is 1.00 bits per heavy atom. The molecule has 0 bridgehead atoms. The summed E-state index contributed by atoms with van der Waals surface area (Å²) in [5.74, 6) is -1.22. The molecule has 0 aliphatic carbocycles. The van der Waals surface area contributed by atoms with Crippen molar-refractivity contribution < 1.29 is 9.90 Å². The van der Waals surface area contributed by atoms with Crippen molar-refractivity contribution in [1.82, 2.24) is 0 Å². The maximum Gasteiger partial charge on any atom is 0.0585 e. The van der Waals surface area contributed by atoms with Crippen LogP contribution in [0.25, 0.3) is 11.1 Å². The molecule has 0 aliphatic rings. The normalized spacial score (nSPS) is 12.1. The van der Waals surface area contributed by atoms with Gasteiger partial charge in [-0.05, 0) is 23.1 Å². The van der Waals surface area contributed by atoms with Gasteiger partial charge in [0.15, 0.2) is 0 Å². The molecule has 0 fully saturated rings. The van der Waals surface area contributed by atoms with E-state index >= 15 is 0 Å². The molecule has 0 saturated heterocycles. The molecule has 0 aromatic heterocycles. The summed E-state index contributed by atoms with van der Waals surface area (Å²) in [6.45, 7) is 0. The summed E-state index contributed by atoms with van der Waals surface area (Å²) < 4.78 is 0. The summed E-state index contributed by atoms with van der Waals surface area (Å²) in [4.78, 5) is 10.6. The summed E-state index contributed by atoms with van der Waals surface area (Å²) in [5.41, 5.74) is 8.56. The summed E-state index contributed by atoms with van der Waals surface area (Å²) in [7, 11) is 0. The van der Waals surface area contributed by atoms with Gasteiger partial charge in [0.1, 0.15) is 0 Å².